The summed E-state index contributed by atoms with van der Waals surface area (Å²) in [6.07, 6.45) is 0. The molecule has 0 aromatic heterocycles. The number of rotatable bonds is 0. The Bertz CT molecular complexity index is 85.6. The first kappa shape index (κ1) is 23.6. The summed E-state index contributed by atoms with van der Waals surface area (Å²) in [5, 5.41) is 0. The molecule has 58 valence electrons. The van der Waals surface area contributed by atoms with Crippen LogP contribution in [-0.4, -0.2) is 85.3 Å². The summed E-state index contributed by atoms with van der Waals surface area (Å²) in [6, 6.07) is 0. The van der Waals surface area contributed by atoms with Gasteiger partial charge in [0.1, 0.15) is 0 Å². The van der Waals surface area contributed by atoms with Crippen molar-refractivity contribution in [3.05, 3.63) is 0 Å². The summed E-state index contributed by atoms with van der Waals surface area (Å²) in [6.45, 7) is 0. The van der Waals surface area contributed by atoms with Crippen molar-refractivity contribution in [2.24, 2.45) is 0 Å². The Labute approximate surface area is 124 Å². The molecule has 0 radical (unpaired) electrons. The average Bonchev–Trinajstić information content (AvgIpc) is 1.19. The fraction of sp³-hybridized carbons (Fsp3) is 0. The summed E-state index contributed by atoms with van der Waals surface area (Å²) in [7, 11) is -8.26. The molecule has 0 saturated heterocycles. The number of hydrogen-bond acceptors (Lipinski definition) is 7. The van der Waals surface area contributed by atoms with Gasteiger partial charge in [-0.15, -0.1) is 0 Å². The molecule has 7 nitrogen and oxygen atoms in total. The van der Waals surface area contributed by atoms with Crippen LogP contribution in [0, 0.1) is 0 Å². The van der Waals surface area contributed by atoms with Crippen LogP contribution in [0.5, 0.6) is 0 Å². The number of phosphoric acid groups is 1. The molecule has 0 fully saturated rings. The van der Waals surface area contributed by atoms with Gasteiger partial charge < -0.3 is 33.9 Å². The van der Waals surface area contributed by atoms with Crippen molar-refractivity contribution in [1.82, 2.24) is 0 Å². The van der Waals surface area contributed by atoms with E-state index in [4.69, 9.17) is 33.9 Å². The minimum absolute atomic E-state index is 0. The minimum Gasteiger partial charge on any atom is -0.822 e. The Balaban J connectivity index is -0.0000000383. The largest absolute Gasteiger partial charge is 2.00 e. The van der Waals surface area contributed by atoms with Gasteiger partial charge in [0, 0.05) is 0 Å². The van der Waals surface area contributed by atoms with Crippen LogP contribution in [0.1, 0.15) is 0 Å². The van der Waals surface area contributed by atoms with E-state index in [2.05, 4.69) is 0 Å². The van der Waals surface area contributed by atoms with Crippen molar-refractivity contribution in [1.29, 1.82) is 0 Å². The fourth-order valence-corrected chi connectivity index (χ4v) is 0. The third-order valence-electron chi connectivity index (χ3n) is 0. The zero-order valence-corrected chi connectivity index (χ0v) is 11.4. The number of hydrogen-bond donors (Lipinski definition) is 2. The summed E-state index contributed by atoms with van der Waals surface area (Å²) in [5.41, 5.74) is 0. The predicted octanol–water partition coefficient (Wildman–Crippen LogP) is -5.03. The fourth-order valence-electron chi connectivity index (χ4n) is 0. The van der Waals surface area contributed by atoms with Crippen LogP contribution in [0.25, 0.3) is 0 Å². The molecular weight excluding hydrogens is 254 g/mol. The van der Waals surface area contributed by atoms with E-state index in [-0.39, 0.29) is 75.5 Å². The molecule has 0 amide bonds. The van der Waals surface area contributed by atoms with Gasteiger partial charge in [0.25, 0.3) is 0 Å². The minimum atomic E-state index is -5.39. The van der Waals surface area contributed by atoms with Gasteiger partial charge in [-0.05, 0) is 0 Å². The maximum atomic E-state index is 8.70. The van der Waals surface area contributed by atoms with Crippen LogP contribution >= 0.6 is 16.4 Å². The third-order valence-corrected chi connectivity index (χ3v) is 0. The summed E-state index contributed by atoms with van der Waals surface area (Å²) < 4.78 is 8.55. The van der Waals surface area contributed by atoms with Gasteiger partial charge >= 0.3 is 75.5 Å². The first-order valence-corrected chi connectivity index (χ1v) is 3.94. The standard InChI is InChI=1S/2Ca.H3O4P.H2O3P/c;;1-5(2,3)4;1-4(2)3/h;;(H3,1,2,3,4);1-2H/q2*+2;;-1/p-3. The summed E-state index contributed by atoms with van der Waals surface area (Å²) in [4.78, 5) is 48.6. The van der Waals surface area contributed by atoms with Gasteiger partial charge in [-0.1, -0.05) is 0 Å². The van der Waals surface area contributed by atoms with E-state index in [0.29, 0.717) is 0 Å². The second-order valence-electron chi connectivity index (χ2n) is 0.700. The second-order valence-corrected chi connectivity index (χ2v) is 2.10. The van der Waals surface area contributed by atoms with Crippen molar-refractivity contribution in [3.63, 3.8) is 0 Å². The van der Waals surface area contributed by atoms with Gasteiger partial charge in [-0.25, -0.2) is 0 Å². The molecule has 11 heteroatoms. The van der Waals surface area contributed by atoms with Crippen LogP contribution in [0.15, 0.2) is 0 Å². The van der Waals surface area contributed by atoms with Crippen molar-refractivity contribution >= 4 is 91.9 Å². The Morgan fingerprint density at radius 1 is 1.09 bits per heavy atom. The quantitative estimate of drug-likeness (QED) is 0.325. The van der Waals surface area contributed by atoms with Gasteiger partial charge in [-0.2, -0.15) is 7.82 Å². The van der Waals surface area contributed by atoms with Crippen molar-refractivity contribution in [2.75, 3.05) is 0 Å². The van der Waals surface area contributed by atoms with Crippen LogP contribution in [0.2, 0.25) is 0 Å². The van der Waals surface area contributed by atoms with Gasteiger partial charge in [0.2, 0.25) is 0 Å². The van der Waals surface area contributed by atoms with Crippen LogP contribution in [0.4, 0.5) is 0 Å². The third kappa shape index (κ3) is 179. The van der Waals surface area contributed by atoms with E-state index in [1.165, 1.54) is 0 Å². The molecule has 0 heterocycles. The van der Waals surface area contributed by atoms with E-state index >= 15 is 0 Å². The Kier molecular flexibility index (Phi) is 27.8. The average molecular weight is 256 g/mol. The van der Waals surface area contributed by atoms with Crippen molar-refractivity contribution < 1.29 is 33.9 Å². The first-order valence-electron chi connectivity index (χ1n) is 1.31. The van der Waals surface area contributed by atoms with E-state index in [1.807, 2.05) is 0 Å². The smallest absolute Gasteiger partial charge is 0.822 e. The van der Waals surface area contributed by atoms with Crippen LogP contribution in [0.3, 0.4) is 0 Å². The van der Waals surface area contributed by atoms with E-state index in [0.717, 1.165) is 0 Å². The van der Waals surface area contributed by atoms with E-state index in [9.17, 15) is 0 Å². The maximum Gasteiger partial charge on any atom is 2.00 e. The molecule has 0 spiro atoms. The molecule has 0 aliphatic carbocycles. The van der Waals surface area contributed by atoms with Gasteiger partial charge in [-0.3, -0.25) is 0 Å². The topological polar surface area (TPSA) is 150 Å². The second kappa shape index (κ2) is 12.9. The zero-order valence-electron chi connectivity index (χ0n) is 5.24. The Morgan fingerprint density at radius 3 is 1.09 bits per heavy atom. The molecule has 0 atom stereocenters. The normalized spacial score (nSPS) is 8.64. The molecule has 0 aliphatic heterocycles. The van der Waals surface area contributed by atoms with Crippen LogP contribution < -0.4 is 19.6 Å². The monoisotopic (exact) mass is 256 g/mol. The molecule has 0 aliphatic rings. The first-order chi connectivity index (χ1) is 3.73. The van der Waals surface area contributed by atoms with E-state index in [1.54, 1.807) is 0 Å². The molecule has 0 bridgehead atoms. The molecule has 0 aromatic carbocycles. The maximum absolute atomic E-state index is 8.70. The predicted molar refractivity (Wildman–Crippen MR) is 30.5 cm³/mol. The van der Waals surface area contributed by atoms with Gasteiger partial charge in [0.05, 0.1) is 8.60 Å². The molecular formula is H2Ca2O7P2. The van der Waals surface area contributed by atoms with E-state index < -0.39 is 16.4 Å². The van der Waals surface area contributed by atoms with Crippen molar-refractivity contribution in [3.8, 4) is 0 Å². The van der Waals surface area contributed by atoms with Gasteiger partial charge in [0.15, 0.2) is 0 Å². The Morgan fingerprint density at radius 2 is 1.09 bits per heavy atom. The molecule has 0 aromatic rings. The summed E-state index contributed by atoms with van der Waals surface area (Å²) in [5.74, 6) is 0. The van der Waals surface area contributed by atoms with Crippen molar-refractivity contribution in [2.45, 2.75) is 0 Å². The van der Waals surface area contributed by atoms with Crippen LogP contribution in [-0.2, 0) is 4.57 Å². The molecule has 0 rings (SSSR count). The molecule has 0 saturated carbocycles. The Hall–Kier alpha value is 2.94. The zero-order chi connectivity index (χ0) is 8.08. The SMILES string of the molecule is O=P([O-])([O-])[O-].[Ca+2].[Ca+2].[O-]P(O)O. The molecule has 2 N–H and O–H groups in total. The molecule has 11 heavy (non-hydrogen) atoms. The molecule has 0 unspecified atom stereocenters. The summed E-state index contributed by atoms with van der Waals surface area (Å²) >= 11 is 0.